The molecule has 0 atom stereocenters. The molecule has 3 aromatic rings. The number of fused-ring (bicyclic) bond motifs is 1. The molecule has 0 unspecified atom stereocenters. The van der Waals surface area contributed by atoms with Crippen LogP contribution in [0.25, 0.3) is 0 Å². The lowest BCUT2D eigenvalue weighted by Gasteiger charge is -2.28. The summed E-state index contributed by atoms with van der Waals surface area (Å²) >= 11 is 6.08. The van der Waals surface area contributed by atoms with E-state index < -0.39 is 0 Å². The minimum absolute atomic E-state index is 0.0970. The second-order valence-electron chi connectivity index (χ2n) is 7.48. The Morgan fingerprint density at radius 1 is 1.26 bits per heavy atom. The average Bonchev–Trinajstić information content (AvgIpc) is 2.79. The molecule has 1 aliphatic rings. The van der Waals surface area contributed by atoms with Gasteiger partial charge in [-0.15, -0.1) is 0 Å². The summed E-state index contributed by atoms with van der Waals surface area (Å²) in [4.78, 5) is 34.6. The smallest absolute Gasteiger partial charge is 0.255 e. The van der Waals surface area contributed by atoms with Crippen LogP contribution in [0.5, 0.6) is 5.75 Å². The third-order valence-corrected chi connectivity index (χ3v) is 5.81. The molecule has 1 aromatic heterocycles. The molecule has 0 bridgehead atoms. The number of nitrogens with zero attached hydrogens (tertiary/aromatic N) is 2. The van der Waals surface area contributed by atoms with Crippen molar-refractivity contribution in [2.45, 2.75) is 26.4 Å². The van der Waals surface area contributed by atoms with Crippen LogP contribution in [0, 0.1) is 6.92 Å². The minimum atomic E-state index is -0.170. The number of H-pyrrole nitrogens is 1. The fourth-order valence-corrected chi connectivity index (χ4v) is 3.70. The topological polar surface area (TPSA) is 87.3 Å². The molecular weight excluding hydrogens is 416 g/mol. The number of ether oxygens (including phenoxy) is 1. The van der Waals surface area contributed by atoms with Crippen molar-refractivity contribution in [1.29, 1.82) is 0 Å². The lowest BCUT2D eigenvalue weighted by molar-refractivity contribution is 0.0731. The fraction of sp³-hybridized carbons (Fsp3) is 0.261. The Labute approximate surface area is 185 Å². The Hall–Kier alpha value is -3.32. The molecule has 2 N–H and O–H groups in total. The predicted molar refractivity (Wildman–Crippen MR) is 120 cm³/mol. The molecule has 0 spiro atoms. The van der Waals surface area contributed by atoms with Crippen LogP contribution in [0.15, 0.2) is 47.3 Å². The number of hydrogen-bond acceptors (Lipinski definition) is 5. The van der Waals surface area contributed by atoms with E-state index in [0.29, 0.717) is 47.3 Å². The van der Waals surface area contributed by atoms with Crippen molar-refractivity contribution in [3.8, 4) is 5.75 Å². The van der Waals surface area contributed by atoms with Gasteiger partial charge in [-0.3, -0.25) is 14.6 Å². The lowest BCUT2D eigenvalue weighted by Crippen LogP contribution is -2.39. The molecule has 7 nitrogen and oxygen atoms in total. The lowest BCUT2D eigenvalue weighted by atomic mass is 10.0. The first kappa shape index (κ1) is 20.9. The second kappa shape index (κ2) is 8.81. The maximum absolute atomic E-state index is 12.9. The number of rotatable bonds is 5. The van der Waals surface area contributed by atoms with Gasteiger partial charge in [-0.25, -0.2) is 4.98 Å². The molecule has 0 radical (unpaired) electrons. The first-order valence-electron chi connectivity index (χ1n) is 9.99. The van der Waals surface area contributed by atoms with Crippen LogP contribution < -0.4 is 15.6 Å². The molecule has 8 heteroatoms. The molecule has 0 aliphatic carbocycles. The zero-order valence-corrected chi connectivity index (χ0v) is 18.1. The number of hydrogen-bond donors (Lipinski definition) is 2. The highest BCUT2D eigenvalue weighted by atomic mass is 35.5. The molecular formula is C23H23ClN4O3. The Balaban J connectivity index is 1.50. The van der Waals surface area contributed by atoms with Crippen LogP contribution in [-0.2, 0) is 19.5 Å². The summed E-state index contributed by atoms with van der Waals surface area (Å²) in [6, 6.07) is 12.9. The van der Waals surface area contributed by atoms with Crippen molar-refractivity contribution >= 4 is 23.5 Å². The van der Waals surface area contributed by atoms with Crippen LogP contribution in [-0.4, -0.2) is 34.4 Å². The Bertz CT molecular complexity index is 1170. The van der Waals surface area contributed by atoms with E-state index in [1.54, 1.807) is 30.2 Å². The quantitative estimate of drug-likeness (QED) is 0.636. The van der Waals surface area contributed by atoms with E-state index in [9.17, 15) is 9.59 Å². The number of amides is 1. The van der Waals surface area contributed by atoms with Crippen molar-refractivity contribution in [3.63, 3.8) is 0 Å². The zero-order valence-electron chi connectivity index (χ0n) is 17.4. The minimum Gasteiger partial charge on any atom is -0.497 e. The third-order valence-electron chi connectivity index (χ3n) is 5.38. The number of aromatic nitrogens is 2. The van der Waals surface area contributed by atoms with Gasteiger partial charge in [-0.1, -0.05) is 23.7 Å². The van der Waals surface area contributed by atoms with Crippen LogP contribution in [0.4, 0.5) is 5.95 Å². The Kier molecular flexibility index (Phi) is 5.95. The van der Waals surface area contributed by atoms with Gasteiger partial charge in [0, 0.05) is 29.2 Å². The van der Waals surface area contributed by atoms with E-state index in [-0.39, 0.29) is 18.0 Å². The monoisotopic (exact) mass is 438 g/mol. The summed E-state index contributed by atoms with van der Waals surface area (Å²) in [5.41, 5.74) is 3.53. The zero-order chi connectivity index (χ0) is 22.0. The van der Waals surface area contributed by atoms with Gasteiger partial charge in [0.2, 0.25) is 5.95 Å². The van der Waals surface area contributed by atoms with Gasteiger partial charge in [0.15, 0.2) is 0 Å². The molecule has 0 saturated heterocycles. The van der Waals surface area contributed by atoms with Gasteiger partial charge in [-0.2, -0.15) is 0 Å². The highest BCUT2D eigenvalue weighted by molar-refractivity contribution is 6.31. The highest BCUT2D eigenvalue weighted by Gasteiger charge is 2.25. The van der Waals surface area contributed by atoms with Gasteiger partial charge >= 0.3 is 0 Å². The second-order valence-corrected chi connectivity index (χ2v) is 7.89. The van der Waals surface area contributed by atoms with Gasteiger partial charge in [0.1, 0.15) is 5.75 Å². The number of nitrogens with one attached hydrogen (secondary N) is 2. The molecule has 1 aliphatic heterocycles. The van der Waals surface area contributed by atoms with Crippen LogP contribution in [0.3, 0.4) is 0 Å². The van der Waals surface area contributed by atoms with Gasteiger partial charge in [-0.05, 0) is 54.8 Å². The first-order valence-corrected chi connectivity index (χ1v) is 10.4. The summed E-state index contributed by atoms with van der Waals surface area (Å²) in [6.45, 7) is 3.12. The molecule has 160 valence electrons. The van der Waals surface area contributed by atoms with E-state index in [1.807, 2.05) is 31.2 Å². The largest absolute Gasteiger partial charge is 0.497 e. The molecule has 1 amide bonds. The van der Waals surface area contributed by atoms with Gasteiger partial charge < -0.3 is 15.0 Å². The van der Waals surface area contributed by atoms with Gasteiger partial charge in [0.25, 0.3) is 11.5 Å². The van der Waals surface area contributed by atoms with Crippen LogP contribution in [0.1, 0.15) is 32.7 Å². The molecule has 4 rings (SSSR count). The number of carbonyl (C=O) groups excluding carboxylic acids is 1. The maximum Gasteiger partial charge on any atom is 0.255 e. The third kappa shape index (κ3) is 4.56. The molecule has 2 heterocycles. The number of halogens is 1. The fourth-order valence-electron chi connectivity index (χ4n) is 3.59. The number of benzene rings is 2. The number of methoxy groups -OCH3 is 1. The van der Waals surface area contributed by atoms with Crippen molar-refractivity contribution < 1.29 is 9.53 Å². The van der Waals surface area contributed by atoms with Gasteiger partial charge in [0.05, 0.1) is 19.3 Å². The van der Waals surface area contributed by atoms with Crippen LogP contribution >= 0.6 is 11.6 Å². The number of carbonyl (C=O) groups is 1. The van der Waals surface area contributed by atoms with E-state index in [4.69, 9.17) is 16.3 Å². The van der Waals surface area contributed by atoms with E-state index in [1.165, 1.54) is 0 Å². The van der Waals surface area contributed by atoms with Crippen molar-refractivity contribution in [1.82, 2.24) is 14.9 Å². The number of anilines is 1. The molecule has 0 fully saturated rings. The summed E-state index contributed by atoms with van der Waals surface area (Å²) in [5.74, 6) is 1.07. The van der Waals surface area contributed by atoms with Crippen molar-refractivity contribution in [3.05, 3.63) is 85.8 Å². The summed E-state index contributed by atoms with van der Waals surface area (Å²) in [6.07, 6.45) is 0.467. The Morgan fingerprint density at radius 3 is 2.74 bits per heavy atom. The standard InChI is InChI=1S/C23H23ClN4O3/c1-14-11-16(5-8-19(14)24)22(30)28-10-9-18-20(13-28)26-23(27-21(18)29)25-12-15-3-6-17(31-2)7-4-15/h3-8,11H,9-10,12-13H2,1-2H3,(H2,25,26,27,29). The highest BCUT2D eigenvalue weighted by Crippen LogP contribution is 2.21. The summed E-state index contributed by atoms with van der Waals surface area (Å²) in [5, 5.41) is 3.78. The van der Waals surface area contributed by atoms with Crippen LogP contribution in [0.2, 0.25) is 5.02 Å². The van der Waals surface area contributed by atoms with E-state index in [0.717, 1.165) is 16.9 Å². The summed E-state index contributed by atoms with van der Waals surface area (Å²) < 4.78 is 5.16. The maximum atomic E-state index is 12.9. The number of aryl methyl sites for hydroxylation is 1. The van der Waals surface area contributed by atoms with Crippen molar-refractivity contribution in [2.75, 3.05) is 19.0 Å². The molecule has 31 heavy (non-hydrogen) atoms. The average molecular weight is 439 g/mol. The summed E-state index contributed by atoms with van der Waals surface area (Å²) in [7, 11) is 1.62. The normalized spacial score (nSPS) is 12.9. The molecule has 0 saturated carbocycles. The first-order chi connectivity index (χ1) is 14.9. The SMILES string of the molecule is COc1ccc(CNc2nc3c(c(=O)[nH]2)CCN(C(=O)c2ccc(Cl)c(C)c2)C3)cc1. The van der Waals surface area contributed by atoms with E-state index in [2.05, 4.69) is 15.3 Å². The van der Waals surface area contributed by atoms with E-state index >= 15 is 0 Å². The Morgan fingerprint density at radius 2 is 2.03 bits per heavy atom. The van der Waals surface area contributed by atoms with Crippen molar-refractivity contribution in [2.24, 2.45) is 0 Å². The number of aromatic amines is 1. The molecule has 2 aromatic carbocycles. The predicted octanol–water partition coefficient (Wildman–Crippen LogP) is 3.55.